The summed E-state index contributed by atoms with van der Waals surface area (Å²) >= 11 is 0. The molecule has 2 aromatic rings. The fourth-order valence-corrected chi connectivity index (χ4v) is 2.15. The van der Waals surface area contributed by atoms with Crippen molar-refractivity contribution in [3.8, 4) is 5.75 Å². The van der Waals surface area contributed by atoms with Gasteiger partial charge in [-0.3, -0.25) is 9.59 Å². The average molecular weight is 329 g/mol. The van der Waals surface area contributed by atoms with Gasteiger partial charge in [0.1, 0.15) is 24.4 Å². The van der Waals surface area contributed by atoms with Gasteiger partial charge in [0.25, 0.3) is 5.91 Å². The molecular weight excluding hydrogens is 314 g/mol. The van der Waals surface area contributed by atoms with E-state index in [1.807, 2.05) is 0 Å². The molecule has 1 aromatic carbocycles. The molecule has 2 N–H and O–H groups in total. The summed E-state index contributed by atoms with van der Waals surface area (Å²) < 4.78 is 21.5. The Morgan fingerprint density at radius 2 is 2.08 bits per heavy atom. The molecule has 0 saturated heterocycles. The lowest BCUT2D eigenvalue weighted by Crippen LogP contribution is -2.25. The molecule has 2 heterocycles. The molecule has 122 valence electrons. The van der Waals surface area contributed by atoms with Crippen LogP contribution >= 0.6 is 0 Å². The van der Waals surface area contributed by atoms with Crippen LogP contribution in [0.5, 0.6) is 5.75 Å². The third-order valence-corrected chi connectivity index (χ3v) is 3.28. The summed E-state index contributed by atoms with van der Waals surface area (Å²) in [6.07, 6.45) is 1.04. The van der Waals surface area contributed by atoms with Crippen LogP contribution in [0, 0.1) is 0 Å². The highest BCUT2D eigenvalue weighted by Crippen LogP contribution is 2.24. The standard InChI is InChI=1S/C16H13N3O5/c20-11-4-10-3-9(1-2-14(10)24-7-11)6-17-15(21)12-5-13(16(22)23)19-8-18-12/h1-3,5,8H,4,6-7H2,(H,17,21)(H,22,23)/i6D2. The van der Waals surface area contributed by atoms with Crippen LogP contribution in [-0.2, 0) is 17.7 Å². The molecular formula is C16H13N3O5. The van der Waals surface area contributed by atoms with Crippen molar-refractivity contribution in [3.63, 3.8) is 0 Å². The summed E-state index contributed by atoms with van der Waals surface area (Å²) in [7, 11) is 0. The molecule has 0 spiro atoms. The third-order valence-electron chi connectivity index (χ3n) is 3.28. The molecule has 0 radical (unpaired) electrons. The fraction of sp³-hybridized carbons (Fsp3) is 0.188. The van der Waals surface area contributed by atoms with E-state index in [2.05, 4.69) is 15.3 Å². The molecule has 8 heteroatoms. The summed E-state index contributed by atoms with van der Waals surface area (Å²) in [5.74, 6) is -1.85. The van der Waals surface area contributed by atoms with Gasteiger partial charge in [-0.2, -0.15) is 0 Å². The molecule has 8 nitrogen and oxygen atoms in total. The zero-order valence-electron chi connectivity index (χ0n) is 14.3. The van der Waals surface area contributed by atoms with Crippen molar-refractivity contribution < 1.29 is 27.0 Å². The normalized spacial score (nSPS) is 14.8. The van der Waals surface area contributed by atoms with E-state index in [1.165, 1.54) is 18.2 Å². The number of ether oxygens (including phenoxy) is 1. The number of fused-ring (bicyclic) bond motifs is 1. The topological polar surface area (TPSA) is 118 Å². The Labute approximate surface area is 139 Å². The minimum atomic E-state index is -2.28. The van der Waals surface area contributed by atoms with Crippen LogP contribution in [0.2, 0.25) is 0 Å². The summed E-state index contributed by atoms with van der Waals surface area (Å²) in [4.78, 5) is 41.8. The Bertz CT molecular complexity index is 917. The number of carbonyl (C=O) groups is 3. The van der Waals surface area contributed by atoms with Crippen LogP contribution in [0.25, 0.3) is 0 Å². The van der Waals surface area contributed by atoms with E-state index in [9.17, 15) is 14.4 Å². The number of carbonyl (C=O) groups excluding carboxylic acids is 2. The van der Waals surface area contributed by atoms with Gasteiger partial charge >= 0.3 is 5.97 Å². The van der Waals surface area contributed by atoms with Gasteiger partial charge in [0, 0.05) is 24.5 Å². The molecule has 3 rings (SSSR count). The number of nitrogens with one attached hydrogen (secondary N) is 1. The minimum absolute atomic E-state index is 0.0183. The largest absolute Gasteiger partial charge is 0.486 e. The van der Waals surface area contributed by atoms with E-state index in [0.29, 0.717) is 11.3 Å². The summed E-state index contributed by atoms with van der Waals surface area (Å²) in [5.41, 5.74) is -0.00427. The van der Waals surface area contributed by atoms with E-state index in [4.69, 9.17) is 12.6 Å². The van der Waals surface area contributed by atoms with Gasteiger partial charge in [0.15, 0.2) is 11.5 Å². The van der Waals surface area contributed by atoms with Crippen molar-refractivity contribution in [2.75, 3.05) is 6.61 Å². The number of amides is 1. The average Bonchev–Trinajstić information content (AvgIpc) is 2.60. The van der Waals surface area contributed by atoms with Crippen LogP contribution in [0.4, 0.5) is 0 Å². The maximum absolute atomic E-state index is 12.2. The molecule has 1 aliphatic heterocycles. The van der Waals surface area contributed by atoms with Crippen LogP contribution < -0.4 is 10.1 Å². The number of Topliss-reactive ketones (excluding diaryl/α,β-unsaturated/α-hetero) is 1. The highest BCUT2D eigenvalue weighted by molar-refractivity contribution is 5.94. The second kappa shape index (κ2) is 6.45. The van der Waals surface area contributed by atoms with Gasteiger partial charge in [-0.25, -0.2) is 14.8 Å². The van der Waals surface area contributed by atoms with Crippen LogP contribution in [-0.4, -0.2) is 39.3 Å². The Balaban J connectivity index is 1.83. The molecule has 1 aliphatic rings. The quantitative estimate of drug-likeness (QED) is 0.843. The van der Waals surface area contributed by atoms with Crippen LogP contribution in [0.15, 0.2) is 30.6 Å². The van der Waals surface area contributed by atoms with Gasteiger partial charge in [0.05, 0.1) is 2.74 Å². The first-order valence-electron chi connectivity index (χ1n) is 7.92. The molecule has 0 aliphatic carbocycles. The third kappa shape index (κ3) is 3.37. The lowest BCUT2D eigenvalue weighted by molar-refractivity contribution is -0.121. The van der Waals surface area contributed by atoms with E-state index >= 15 is 0 Å². The molecule has 1 aromatic heterocycles. The van der Waals surface area contributed by atoms with E-state index in [-0.39, 0.29) is 35.8 Å². The van der Waals surface area contributed by atoms with Gasteiger partial charge in [-0.1, -0.05) is 6.07 Å². The number of carboxylic acids is 1. The van der Waals surface area contributed by atoms with E-state index < -0.39 is 18.4 Å². The second-order valence-electron chi connectivity index (χ2n) is 5.00. The Morgan fingerprint density at radius 1 is 1.29 bits per heavy atom. The van der Waals surface area contributed by atoms with Crippen molar-refractivity contribution >= 4 is 17.7 Å². The minimum Gasteiger partial charge on any atom is -0.486 e. The van der Waals surface area contributed by atoms with Crippen molar-refractivity contribution in [1.29, 1.82) is 0 Å². The van der Waals surface area contributed by atoms with Crippen molar-refractivity contribution in [1.82, 2.24) is 15.3 Å². The zero-order valence-corrected chi connectivity index (χ0v) is 12.3. The number of hydrogen-bond acceptors (Lipinski definition) is 6. The van der Waals surface area contributed by atoms with E-state index in [1.54, 1.807) is 0 Å². The lowest BCUT2D eigenvalue weighted by atomic mass is 10.0. The molecule has 0 bridgehead atoms. The first-order chi connectivity index (χ1) is 12.3. The van der Waals surface area contributed by atoms with Crippen LogP contribution in [0.1, 0.15) is 34.8 Å². The second-order valence-corrected chi connectivity index (χ2v) is 5.00. The lowest BCUT2D eigenvalue weighted by Gasteiger charge is -2.17. The number of aromatic carboxylic acids is 1. The monoisotopic (exact) mass is 329 g/mol. The predicted octanol–water partition coefficient (Wildman–Crippen LogP) is 0.609. The summed E-state index contributed by atoms with van der Waals surface area (Å²) in [6, 6.07) is 5.38. The maximum atomic E-state index is 12.2. The SMILES string of the molecule is [2H]C([2H])(NC(=O)c1cc(C(=O)O)ncn1)c1ccc2c(c1)CC(=O)CO2. The number of carboxylic acid groups (broad SMARTS) is 1. The number of rotatable bonds is 4. The summed E-state index contributed by atoms with van der Waals surface area (Å²) in [6.45, 7) is -2.30. The maximum Gasteiger partial charge on any atom is 0.354 e. The highest BCUT2D eigenvalue weighted by Gasteiger charge is 2.17. The van der Waals surface area contributed by atoms with E-state index in [0.717, 1.165) is 12.4 Å². The first kappa shape index (κ1) is 13.2. The van der Waals surface area contributed by atoms with Crippen molar-refractivity contribution in [3.05, 3.63) is 53.1 Å². The predicted molar refractivity (Wildman–Crippen MR) is 80.8 cm³/mol. The Hall–Kier alpha value is -3.29. The molecule has 24 heavy (non-hydrogen) atoms. The Kier molecular flexibility index (Phi) is 3.54. The first-order valence-corrected chi connectivity index (χ1v) is 6.92. The summed E-state index contributed by atoms with van der Waals surface area (Å²) in [5, 5.41) is 11.1. The van der Waals surface area contributed by atoms with Gasteiger partial charge < -0.3 is 15.2 Å². The number of aromatic nitrogens is 2. The molecule has 0 fully saturated rings. The number of ketones is 1. The van der Waals surface area contributed by atoms with Crippen LogP contribution in [0.3, 0.4) is 0 Å². The van der Waals surface area contributed by atoms with Crippen molar-refractivity contribution in [2.45, 2.75) is 12.9 Å². The molecule has 0 atom stereocenters. The number of hydrogen-bond donors (Lipinski definition) is 2. The van der Waals surface area contributed by atoms with Gasteiger partial charge in [0.2, 0.25) is 0 Å². The zero-order chi connectivity index (χ0) is 18.9. The smallest absolute Gasteiger partial charge is 0.354 e. The molecule has 0 unspecified atom stereocenters. The fourth-order valence-electron chi connectivity index (χ4n) is 2.15. The highest BCUT2D eigenvalue weighted by atomic mass is 16.5. The molecule has 0 saturated carbocycles. The van der Waals surface area contributed by atoms with Crippen molar-refractivity contribution in [2.24, 2.45) is 0 Å². The van der Waals surface area contributed by atoms with Gasteiger partial charge in [-0.15, -0.1) is 0 Å². The number of benzene rings is 1. The Morgan fingerprint density at radius 3 is 2.88 bits per heavy atom. The number of nitrogens with zero attached hydrogens (tertiary/aromatic N) is 2. The van der Waals surface area contributed by atoms with Gasteiger partial charge in [-0.05, 0) is 17.7 Å². The molecule has 1 amide bonds.